The lowest BCUT2D eigenvalue weighted by molar-refractivity contribution is -0.123. The van der Waals surface area contributed by atoms with E-state index in [9.17, 15) is 23.6 Å². The highest BCUT2D eigenvalue weighted by Crippen LogP contribution is 2.23. The maximum absolute atomic E-state index is 14.2. The highest BCUT2D eigenvalue weighted by Gasteiger charge is 2.26. The Morgan fingerprint density at radius 2 is 1.84 bits per heavy atom. The molecule has 2 N–H and O–H groups in total. The van der Waals surface area contributed by atoms with Gasteiger partial charge >= 0.3 is 0 Å². The maximum Gasteiger partial charge on any atom is 0.255 e. The van der Waals surface area contributed by atoms with Crippen LogP contribution in [0.2, 0.25) is 0 Å². The fourth-order valence-corrected chi connectivity index (χ4v) is 5.45. The number of fused-ring (bicyclic) bond motifs is 3. The maximum atomic E-state index is 14.2. The fraction of sp³-hybridized carbons (Fsp3) is 0.438. The van der Waals surface area contributed by atoms with Crippen LogP contribution in [-0.2, 0) is 22.6 Å². The van der Waals surface area contributed by atoms with Gasteiger partial charge in [0.2, 0.25) is 11.8 Å². The Bertz CT molecular complexity index is 1540. The third-order valence-corrected chi connectivity index (χ3v) is 7.78. The molecule has 1 aromatic heterocycles. The molecule has 1 fully saturated rings. The van der Waals surface area contributed by atoms with E-state index >= 15 is 0 Å². The Balaban J connectivity index is 1.36. The van der Waals surface area contributed by atoms with Crippen LogP contribution in [0.1, 0.15) is 59.5 Å². The summed E-state index contributed by atoms with van der Waals surface area (Å²) >= 11 is 0. The van der Waals surface area contributed by atoms with Crippen molar-refractivity contribution in [3.05, 3.63) is 71.3 Å². The smallest absolute Gasteiger partial charge is 0.255 e. The Hall–Kier alpha value is -4.81. The highest BCUT2D eigenvalue weighted by molar-refractivity contribution is 6.00. The monoisotopic (exact) mass is 619 g/mol. The topological polar surface area (TPSA) is 139 Å². The average Bonchev–Trinajstić information content (AvgIpc) is 3.66. The summed E-state index contributed by atoms with van der Waals surface area (Å²) < 4.78 is 21.6. The van der Waals surface area contributed by atoms with Crippen molar-refractivity contribution in [3.63, 3.8) is 0 Å². The third kappa shape index (κ3) is 8.02. The number of halogens is 1. The van der Waals surface area contributed by atoms with Crippen molar-refractivity contribution in [2.24, 2.45) is 5.92 Å². The van der Waals surface area contributed by atoms with Crippen LogP contribution in [0.15, 0.2) is 48.7 Å². The molecule has 2 bridgehead atoms. The molecule has 5 rings (SSSR count). The van der Waals surface area contributed by atoms with Crippen molar-refractivity contribution in [3.8, 4) is 5.75 Å². The summed E-state index contributed by atoms with van der Waals surface area (Å²) in [6.07, 6.45) is 3.86. The third-order valence-electron chi connectivity index (χ3n) is 7.78. The van der Waals surface area contributed by atoms with Crippen LogP contribution in [-0.4, -0.2) is 82.4 Å². The summed E-state index contributed by atoms with van der Waals surface area (Å²) in [7, 11) is 0. The first-order chi connectivity index (χ1) is 21.7. The van der Waals surface area contributed by atoms with Crippen LogP contribution in [0.25, 0.3) is 0 Å². The number of amides is 4. The summed E-state index contributed by atoms with van der Waals surface area (Å²) in [5, 5.41) is 14.0. The van der Waals surface area contributed by atoms with Gasteiger partial charge in [0.05, 0.1) is 17.8 Å². The zero-order valence-corrected chi connectivity index (χ0v) is 25.5. The molecule has 0 aliphatic carbocycles. The molecule has 0 spiro atoms. The number of nitrogens with zero attached hydrogens (tertiary/aromatic N) is 5. The van der Waals surface area contributed by atoms with Crippen molar-refractivity contribution in [1.29, 1.82) is 0 Å². The first kappa shape index (κ1) is 31.6. The zero-order chi connectivity index (χ0) is 31.9. The molecule has 12 nitrogen and oxygen atoms in total. The molecule has 3 heterocycles. The number of nitrogens with one attached hydrogen (secondary N) is 2. The second-order valence-corrected chi connectivity index (χ2v) is 11.6. The van der Waals surface area contributed by atoms with Gasteiger partial charge in [-0.05, 0) is 61.2 Å². The predicted molar refractivity (Wildman–Crippen MR) is 163 cm³/mol. The molecule has 45 heavy (non-hydrogen) atoms. The predicted octanol–water partition coefficient (Wildman–Crippen LogP) is 2.58. The number of hydrogen-bond donors (Lipinski definition) is 2. The SMILES string of the molecule is CC(C)C[C@H]1NC(=O)c2cc(F)ccc2OCCn2cc(nn2)CCN(C(=O)c2ccc(N3CCCC3=O)cc2)CCNC1=O. The minimum Gasteiger partial charge on any atom is -0.491 e. The normalized spacial score (nSPS) is 18.5. The number of benzene rings is 2. The molecule has 1 saturated heterocycles. The summed E-state index contributed by atoms with van der Waals surface area (Å²) in [6.45, 7) is 5.63. The Morgan fingerprint density at radius 1 is 1.04 bits per heavy atom. The Labute approximate surface area is 260 Å². The Kier molecular flexibility index (Phi) is 10.1. The highest BCUT2D eigenvalue weighted by atomic mass is 19.1. The standard InChI is InChI=1S/C32H38FN7O5/c1-21(2)18-27-31(43)34-12-15-38(32(44)22-5-8-25(9-6-22)40-13-3-4-29(40)41)14-11-24-20-39(37-36-24)16-17-45-28-10-7-23(33)19-26(28)30(42)35-27/h5-10,19-21,27H,3-4,11-18H2,1-2H3,(H,34,43)(H,35,42)/t27-/m1/s1. The van der Waals surface area contributed by atoms with Gasteiger partial charge in [0.15, 0.2) is 0 Å². The molecule has 4 amide bonds. The van der Waals surface area contributed by atoms with Crippen molar-refractivity contribution >= 4 is 29.3 Å². The van der Waals surface area contributed by atoms with E-state index in [1.807, 2.05) is 13.8 Å². The average molecular weight is 620 g/mol. The number of carbonyl (C=O) groups excluding carboxylic acids is 4. The molecular weight excluding hydrogens is 581 g/mol. The lowest BCUT2D eigenvalue weighted by Crippen LogP contribution is -2.49. The van der Waals surface area contributed by atoms with Gasteiger partial charge in [0.1, 0.15) is 24.2 Å². The van der Waals surface area contributed by atoms with Gasteiger partial charge in [-0.2, -0.15) is 0 Å². The number of hydrogen-bond acceptors (Lipinski definition) is 7. The number of anilines is 1. The summed E-state index contributed by atoms with van der Waals surface area (Å²) in [4.78, 5) is 55.7. The molecule has 2 aliphatic rings. The molecule has 0 radical (unpaired) electrons. The quantitative estimate of drug-likeness (QED) is 0.458. The van der Waals surface area contributed by atoms with Gasteiger partial charge in [-0.25, -0.2) is 9.07 Å². The summed E-state index contributed by atoms with van der Waals surface area (Å²) in [5.41, 5.74) is 1.86. The van der Waals surface area contributed by atoms with Crippen molar-refractivity contribution < 1.29 is 28.3 Å². The molecule has 2 aliphatic heterocycles. The zero-order valence-electron chi connectivity index (χ0n) is 25.5. The van der Waals surface area contributed by atoms with Crippen molar-refractivity contribution in [2.75, 3.05) is 37.7 Å². The van der Waals surface area contributed by atoms with Crippen LogP contribution in [0.4, 0.5) is 10.1 Å². The minimum atomic E-state index is -0.887. The molecular formula is C32H38FN7O5. The number of rotatable bonds is 4. The molecule has 13 heteroatoms. The minimum absolute atomic E-state index is 0.0196. The summed E-state index contributed by atoms with van der Waals surface area (Å²) in [5.74, 6) is -1.55. The first-order valence-electron chi connectivity index (χ1n) is 15.3. The molecule has 1 atom stereocenters. The Morgan fingerprint density at radius 3 is 2.58 bits per heavy atom. The van der Waals surface area contributed by atoms with E-state index in [2.05, 4.69) is 20.9 Å². The molecule has 3 aromatic rings. The molecule has 0 saturated carbocycles. The van der Waals surface area contributed by atoms with Gasteiger partial charge < -0.3 is 25.2 Å². The summed E-state index contributed by atoms with van der Waals surface area (Å²) in [6, 6.07) is 9.76. The van der Waals surface area contributed by atoms with Gasteiger partial charge in [-0.3, -0.25) is 19.2 Å². The van der Waals surface area contributed by atoms with Gasteiger partial charge in [0, 0.05) is 56.5 Å². The van der Waals surface area contributed by atoms with Gasteiger partial charge in [-0.15, -0.1) is 5.10 Å². The molecule has 238 valence electrons. The van der Waals surface area contributed by atoms with E-state index in [0.29, 0.717) is 50.2 Å². The van der Waals surface area contributed by atoms with E-state index in [1.165, 1.54) is 12.1 Å². The van der Waals surface area contributed by atoms with E-state index in [1.54, 1.807) is 44.9 Å². The lowest BCUT2D eigenvalue weighted by Gasteiger charge is -2.25. The molecule has 2 aromatic carbocycles. The van der Waals surface area contributed by atoms with E-state index in [0.717, 1.165) is 18.2 Å². The van der Waals surface area contributed by atoms with E-state index < -0.39 is 23.7 Å². The van der Waals surface area contributed by atoms with Gasteiger partial charge in [-0.1, -0.05) is 19.1 Å². The lowest BCUT2D eigenvalue weighted by atomic mass is 10.0. The number of aromatic nitrogens is 3. The van der Waals surface area contributed by atoms with Crippen molar-refractivity contribution in [1.82, 2.24) is 30.5 Å². The first-order valence-corrected chi connectivity index (χ1v) is 15.3. The van der Waals surface area contributed by atoms with Gasteiger partial charge in [0.25, 0.3) is 11.8 Å². The number of carbonyl (C=O) groups is 4. The van der Waals surface area contributed by atoms with Crippen LogP contribution in [0.3, 0.4) is 0 Å². The van der Waals surface area contributed by atoms with Crippen LogP contribution >= 0.6 is 0 Å². The van der Waals surface area contributed by atoms with Crippen LogP contribution in [0, 0.1) is 11.7 Å². The van der Waals surface area contributed by atoms with Crippen LogP contribution in [0.5, 0.6) is 5.75 Å². The van der Waals surface area contributed by atoms with Crippen LogP contribution < -0.4 is 20.3 Å². The van der Waals surface area contributed by atoms with E-state index in [4.69, 9.17) is 4.74 Å². The van der Waals surface area contributed by atoms with E-state index in [-0.39, 0.29) is 48.7 Å². The second kappa shape index (κ2) is 14.3. The molecule has 0 unspecified atom stereocenters. The second-order valence-electron chi connectivity index (χ2n) is 11.6. The van der Waals surface area contributed by atoms with Crippen molar-refractivity contribution in [2.45, 2.75) is 52.1 Å². The largest absolute Gasteiger partial charge is 0.491 e. The number of ether oxygens (including phenoxy) is 1. The fourth-order valence-electron chi connectivity index (χ4n) is 5.45.